The van der Waals surface area contributed by atoms with Crippen molar-refractivity contribution in [2.24, 2.45) is 0 Å². The number of pyridine rings is 1. The second-order valence-corrected chi connectivity index (χ2v) is 7.18. The fourth-order valence-corrected chi connectivity index (χ4v) is 3.84. The maximum Gasteiger partial charge on any atom is 0.387 e. The fourth-order valence-electron chi connectivity index (χ4n) is 3.84. The Morgan fingerprint density at radius 3 is 2.79 bits per heavy atom. The molecule has 0 unspecified atom stereocenters. The molecule has 1 atom stereocenters. The Hall–Kier alpha value is -3.15. The highest BCUT2D eigenvalue weighted by molar-refractivity contribution is 5.65. The van der Waals surface area contributed by atoms with Gasteiger partial charge in [-0.05, 0) is 60.4 Å². The van der Waals surface area contributed by atoms with Gasteiger partial charge in [-0.2, -0.15) is 8.78 Å². The van der Waals surface area contributed by atoms with E-state index in [9.17, 15) is 8.78 Å². The summed E-state index contributed by atoms with van der Waals surface area (Å²) in [6, 6.07) is 17.2. The molecule has 1 heterocycles. The van der Waals surface area contributed by atoms with Crippen molar-refractivity contribution in [3.63, 3.8) is 0 Å². The zero-order valence-electron chi connectivity index (χ0n) is 16.2. The minimum absolute atomic E-state index is 0.159. The van der Waals surface area contributed by atoms with Gasteiger partial charge in [0.1, 0.15) is 5.75 Å². The molecule has 29 heavy (non-hydrogen) atoms. The van der Waals surface area contributed by atoms with Crippen molar-refractivity contribution in [3.05, 3.63) is 78.1 Å². The van der Waals surface area contributed by atoms with E-state index >= 15 is 0 Å². The Labute approximate surface area is 169 Å². The second-order valence-electron chi connectivity index (χ2n) is 7.18. The molecule has 1 N–H and O–H groups in total. The van der Waals surface area contributed by atoms with Gasteiger partial charge in [-0.1, -0.05) is 12.1 Å². The van der Waals surface area contributed by atoms with Crippen LogP contribution in [0.2, 0.25) is 0 Å². The molecular weight excluding hydrogens is 372 g/mol. The minimum Gasteiger partial charge on any atom is -0.435 e. The van der Waals surface area contributed by atoms with Gasteiger partial charge in [-0.25, -0.2) is 0 Å². The van der Waals surface area contributed by atoms with Gasteiger partial charge in [0.2, 0.25) is 0 Å². The molecule has 0 saturated carbocycles. The van der Waals surface area contributed by atoms with Gasteiger partial charge in [0.05, 0.1) is 5.69 Å². The summed E-state index contributed by atoms with van der Waals surface area (Å²) < 4.78 is 29.5. The smallest absolute Gasteiger partial charge is 0.387 e. The molecule has 4 rings (SSSR count). The van der Waals surface area contributed by atoms with Crippen molar-refractivity contribution in [3.8, 4) is 5.75 Å². The van der Waals surface area contributed by atoms with Crippen molar-refractivity contribution in [2.45, 2.75) is 25.4 Å². The average Bonchev–Trinajstić information content (AvgIpc) is 3.14. The Morgan fingerprint density at radius 1 is 1.14 bits per heavy atom. The van der Waals surface area contributed by atoms with E-state index in [1.807, 2.05) is 36.3 Å². The first-order valence-corrected chi connectivity index (χ1v) is 9.65. The first kappa shape index (κ1) is 19.2. The summed E-state index contributed by atoms with van der Waals surface area (Å²) in [5.41, 5.74) is 5.57. The van der Waals surface area contributed by atoms with Gasteiger partial charge in [0.25, 0.3) is 0 Å². The molecule has 2 aromatic carbocycles. The number of anilines is 3. The number of aryl methyl sites for hydroxylation is 1. The van der Waals surface area contributed by atoms with E-state index in [-0.39, 0.29) is 5.75 Å². The number of ether oxygens (including phenoxy) is 1. The van der Waals surface area contributed by atoms with E-state index in [0.29, 0.717) is 5.92 Å². The summed E-state index contributed by atoms with van der Waals surface area (Å²) in [5.74, 6) is 0.624. The van der Waals surface area contributed by atoms with Crippen molar-refractivity contribution >= 4 is 17.1 Å². The molecule has 4 nitrogen and oxygen atoms in total. The molecule has 6 heteroatoms. The molecule has 0 spiro atoms. The van der Waals surface area contributed by atoms with Crippen molar-refractivity contribution in [1.29, 1.82) is 0 Å². The van der Waals surface area contributed by atoms with Crippen molar-refractivity contribution in [2.75, 3.05) is 23.8 Å². The van der Waals surface area contributed by atoms with E-state index in [4.69, 9.17) is 0 Å². The number of hydrogen-bond donors (Lipinski definition) is 1. The third kappa shape index (κ3) is 4.47. The van der Waals surface area contributed by atoms with Gasteiger partial charge < -0.3 is 15.0 Å². The maximum absolute atomic E-state index is 12.5. The average molecular weight is 395 g/mol. The van der Waals surface area contributed by atoms with Gasteiger partial charge in [-0.15, -0.1) is 0 Å². The number of benzene rings is 2. The molecule has 0 radical (unpaired) electrons. The summed E-state index contributed by atoms with van der Waals surface area (Å²) >= 11 is 0. The van der Waals surface area contributed by atoms with Crippen LogP contribution in [0.15, 0.2) is 67.0 Å². The van der Waals surface area contributed by atoms with Gasteiger partial charge in [0.15, 0.2) is 0 Å². The van der Waals surface area contributed by atoms with Crippen LogP contribution in [0.3, 0.4) is 0 Å². The van der Waals surface area contributed by atoms with Crippen LogP contribution in [-0.4, -0.2) is 25.2 Å². The molecule has 0 amide bonds. The zero-order valence-corrected chi connectivity index (χ0v) is 16.2. The molecule has 0 bridgehead atoms. The number of nitrogens with zero attached hydrogens (tertiary/aromatic N) is 2. The van der Waals surface area contributed by atoms with E-state index in [1.54, 1.807) is 18.3 Å². The third-order valence-corrected chi connectivity index (χ3v) is 5.36. The summed E-state index contributed by atoms with van der Waals surface area (Å²) in [4.78, 5) is 6.12. The Kier molecular flexibility index (Phi) is 5.60. The van der Waals surface area contributed by atoms with Crippen molar-refractivity contribution in [1.82, 2.24) is 4.98 Å². The number of rotatable bonds is 7. The van der Waals surface area contributed by atoms with Gasteiger partial charge >= 0.3 is 6.61 Å². The normalized spacial score (nSPS) is 15.2. The second kappa shape index (κ2) is 8.47. The number of nitrogens with one attached hydrogen (secondary N) is 1. The van der Waals surface area contributed by atoms with Crippen LogP contribution < -0.4 is 15.0 Å². The number of fused-ring (bicyclic) bond motifs is 1. The molecule has 3 aromatic rings. The summed E-state index contributed by atoms with van der Waals surface area (Å²) in [6.45, 7) is -1.95. The molecule has 1 aliphatic rings. The molecule has 1 aliphatic carbocycles. The predicted octanol–water partition coefficient (Wildman–Crippen LogP) is 5.59. The lowest BCUT2D eigenvalue weighted by Crippen LogP contribution is -2.12. The van der Waals surface area contributed by atoms with Crippen LogP contribution in [-0.2, 0) is 6.42 Å². The standard InChI is InChI=1S/C23H23F2N3O/c1-28(19-5-2-6-21(13-19)29-23(24)25)20-9-10-22-16(12-20)7-8-17(22)14-27-18-4-3-11-26-15-18/h2-6,9-13,15,17,23,27H,7-8,14H2,1H3/t17-/m0/s1. The molecular formula is C23H23F2N3O. The van der Waals surface area contributed by atoms with Crippen LogP contribution in [0.25, 0.3) is 0 Å². The number of halogens is 2. The monoisotopic (exact) mass is 395 g/mol. The zero-order chi connectivity index (χ0) is 20.2. The summed E-state index contributed by atoms with van der Waals surface area (Å²) in [5, 5.41) is 3.46. The largest absolute Gasteiger partial charge is 0.435 e. The SMILES string of the molecule is CN(c1cccc(OC(F)F)c1)c1ccc2c(c1)CC[C@H]2CNc1cccnc1. The summed E-state index contributed by atoms with van der Waals surface area (Å²) in [7, 11) is 1.93. The lowest BCUT2D eigenvalue weighted by atomic mass is 10.0. The topological polar surface area (TPSA) is 37.4 Å². The van der Waals surface area contributed by atoms with E-state index in [1.165, 1.54) is 17.2 Å². The van der Waals surface area contributed by atoms with Crippen LogP contribution in [0.1, 0.15) is 23.5 Å². The van der Waals surface area contributed by atoms with Gasteiger partial charge in [-0.3, -0.25) is 4.98 Å². The molecule has 0 aliphatic heterocycles. The lowest BCUT2D eigenvalue weighted by molar-refractivity contribution is -0.0498. The van der Waals surface area contributed by atoms with Crippen molar-refractivity contribution < 1.29 is 13.5 Å². The predicted molar refractivity (Wildman–Crippen MR) is 111 cm³/mol. The first-order valence-electron chi connectivity index (χ1n) is 9.65. The number of hydrogen-bond acceptors (Lipinski definition) is 4. The number of aromatic nitrogens is 1. The number of alkyl halides is 2. The minimum atomic E-state index is -2.83. The Morgan fingerprint density at radius 2 is 2.00 bits per heavy atom. The molecule has 0 fully saturated rings. The Balaban J connectivity index is 1.47. The molecule has 0 saturated heterocycles. The Bertz CT molecular complexity index is 965. The van der Waals surface area contributed by atoms with E-state index in [2.05, 4.69) is 33.2 Å². The molecule has 1 aromatic heterocycles. The van der Waals surface area contributed by atoms with Crippen LogP contribution in [0.5, 0.6) is 5.75 Å². The quantitative estimate of drug-likeness (QED) is 0.566. The highest BCUT2D eigenvalue weighted by atomic mass is 19.3. The highest BCUT2D eigenvalue weighted by Crippen LogP contribution is 2.37. The van der Waals surface area contributed by atoms with E-state index in [0.717, 1.165) is 36.4 Å². The fraction of sp³-hybridized carbons (Fsp3) is 0.261. The highest BCUT2D eigenvalue weighted by Gasteiger charge is 2.23. The van der Waals surface area contributed by atoms with E-state index < -0.39 is 6.61 Å². The third-order valence-electron chi connectivity index (χ3n) is 5.36. The van der Waals surface area contributed by atoms with Crippen LogP contribution in [0, 0.1) is 0 Å². The summed E-state index contributed by atoms with van der Waals surface area (Å²) in [6.07, 6.45) is 5.74. The van der Waals surface area contributed by atoms with Gasteiger partial charge in [0, 0.05) is 49.3 Å². The van der Waals surface area contributed by atoms with Crippen LogP contribution >= 0.6 is 0 Å². The molecule has 150 valence electrons. The lowest BCUT2D eigenvalue weighted by Gasteiger charge is -2.22. The maximum atomic E-state index is 12.5. The van der Waals surface area contributed by atoms with Crippen LogP contribution in [0.4, 0.5) is 25.8 Å². The first-order chi connectivity index (χ1) is 14.1.